The third-order valence-corrected chi connectivity index (χ3v) is 6.74. The molecule has 4 unspecified atom stereocenters. The summed E-state index contributed by atoms with van der Waals surface area (Å²) in [5.41, 5.74) is 4.03. The molecule has 28 heavy (non-hydrogen) atoms. The smallest absolute Gasteiger partial charge is 0.194 e. The first-order chi connectivity index (χ1) is 12.9. The van der Waals surface area contributed by atoms with Crippen molar-refractivity contribution < 1.29 is 9.47 Å². The molecule has 0 bridgehead atoms. The van der Waals surface area contributed by atoms with E-state index in [1.54, 1.807) is 0 Å². The van der Waals surface area contributed by atoms with Crippen LogP contribution in [-0.4, -0.2) is 56.4 Å². The highest BCUT2D eigenvalue weighted by molar-refractivity contribution is 14.0. The lowest BCUT2D eigenvalue weighted by atomic mass is 9.57. The Bertz CT molecular complexity index is 736. The molecular formula is C22H34IN3O2. The number of benzene rings is 1. The zero-order valence-electron chi connectivity index (χ0n) is 17.7. The number of aliphatic imine (C=N–C) groups is 1. The van der Waals surface area contributed by atoms with Gasteiger partial charge in [0.1, 0.15) is 6.10 Å². The van der Waals surface area contributed by atoms with Gasteiger partial charge < -0.3 is 19.7 Å². The van der Waals surface area contributed by atoms with Gasteiger partial charge in [0, 0.05) is 37.6 Å². The Hall–Kier alpha value is -0.860. The third-order valence-electron chi connectivity index (χ3n) is 6.74. The number of fused-ring (bicyclic) bond motifs is 1. The van der Waals surface area contributed by atoms with Gasteiger partial charge in [-0.15, -0.1) is 24.0 Å². The predicted molar refractivity (Wildman–Crippen MR) is 124 cm³/mol. The average Bonchev–Trinajstić information content (AvgIpc) is 3.09. The molecule has 4 atom stereocenters. The highest BCUT2D eigenvalue weighted by atomic mass is 127. The van der Waals surface area contributed by atoms with Crippen molar-refractivity contribution in [3.8, 4) is 0 Å². The van der Waals surface area contributed by atoms with Gasteiger partial charge in [-0.3, -0.25) is 4.99 Å². The van der Waals surface area contributed by atoms with E-state index in [0.717, 1.165) is 38.7 Å². The largest absolute Gasteiger partial charge is 0.377 e. The van der Waals surface area contributed by atoms with Crippen molar-refractivity contribution in [3.63, 3.8) is 0 Å². The number of halogens is 1. The zero-order chi connectivity index (χ0) is 19.2. The lowest BCUT2D eigenvalue weighted by Gasteiger charge is -2.55. The molecule has 1 saturated carbocycles. The maximum atomic E-state index is 6.12. The van der Waals surface area contributed by atoms with Crippen LogP contribution in [0.2, 0.25) is 0 Å². The van der Waals surface area contributed by atoms with Gasteiger partial charge in [0.25, 0.3) is 0 Å². The van der Waals surface area contributed by atoms with E-state index in [9.17, 15) is 0 Å². The molecule has 1 aliphatic carbocycles. The number of ether oxygens (including phenoxy) is 2. The van der Waals surface area contributed by atoms with Crippen molar-refractivity contribution in [2.75, 3.05) is 33.4 Å². The van der Waals surface area contributed by atoms with Crippen LogP contribution in [0.4, 0.5) is 0 Å². The van der Waals surface area contributed by atoms with Crippen LogP contribution in [0.25, 0.3) is 0 Å². The number of nitrogens with zero attached hydrogens (tertiary/aromatic N) is 2. The number of morpholine rings is 1. The van der Waals surface area contributed by atoms with Crippen LogP contribution in [0.15, 0.2) is 23.2 Å². The number of guanidine groups is 1. The van der Waals surface area contributed by atoms with E-state index in [-0.39, 0.29) is 35.5 Å². The number of hydrogen-bond acceptors (Lipinski definition) is 3. The first kappa shape index (κ1) is 21.8. The van der Waals surface area contributed by atoms with Crippen molar-refractivity contribution in [2.24, 2.45) is 16.3 Å². The fraction of sp³-hybridized carbons (Fsp3) is 0.682. The SMILES string of the molecule is CN=C(NC1C2CCOC2C1(C)C)N1CCOC(c2ccc(C)cc2C)C1.I. The van der Waals surface area contributed by atoms with Crippen molar-refractivity contribution in [1.29, 1.82) is 0 Å². The summed E-state index contributed by atoms with van der Waals surface area (Å²) in [5, 5.41) is 3.77. The number of rotatable bonds is 2. The second kappa shape index (κ2) is 8.48. The molecule has 1 N–H and O–H groups in total. The lowest BCUT2D eigenvalue weighted by Crippen LogP contribution is -2.68. The molecule has 156 valence electrons. The summed E-state index contributed by atoms with van der Waals surface area (Å²) in [6, 6.07) is 7.05. The predicted octanol–water partition coefficient (Wildman–Crippen LogP) is 3.68. The molecular weight excluding hydrogens is 465 g/mol. The summed E-state index contributed by atoms with van der Waals surface area (Å²) >= 11 is 0. The molecule has 3 fully saturated rings. The molecule has 0 aromatic heterocycles. The molecule has 4 rings (SSSR count). The number of aryl methyl sites for hydroxylation is 2. The van der Waals surface area contributed by atoms with Crippen LogP contribution >= 0.6 is 24.0 Å². The Morgan fingerprint density at radius 1 is 1.21 bits per heavy atom. The Labute approximate surface area is 186 Å². The summed E-state index contributed by atoms with van der Waals surface area (Å²) < 4.78 is 12.1. The minimum Gasteiger partial charge on any atom is -0.377 e. The molecule has 2 saturated heterocycles. The Kier molecular flexibility index (Phi) is 6.61. The monoisotopic (exact) mass is 499 g/mol. The second-order valence-corrected chi connectivity index (χ2v) is 8.90. The van der Waals surface area contributed by atoms with Crippen molar-refractivity contribution in [3.05, 3.63) is 34.9 Å². The molecule has 2 aliphatic heterocycles. The Balaban J connectivity index is 0.00000225. The summed E-state index contributed by atoms with van der Waals surface area (Å²) in [6.07, 6.45) is 1.63. The van der Waals surface area contributed by atoms with Gasteiger partial charge in [0.05, 0.1) is 19.3 Å². The Morgan fingerprint density at radius 3 is 2.71 bits per heavy atom. The maximum absolute atomic E-state index is 6.12. The summed E-state index contributed by atoms with van der Waals surface area (Å²) in [4.78, 5) is 6.97. The van der Waals surface area contributed by atoms with E-state index in [1.807, 2.05) is 7.05 Å². The lowest BCUT2D eigenvalue weighted by molar-refractivity contribution is -0.108. The molecule has 0 spiro atoms. The highest BCUT2D eigenvalue weighted by Crippen LogP contribution is 2.52. The van der Waals surface area contributed by atoms with Gasteiger partial charge in [-0.25, -0.2) is 0 Å². The second-order valence-electron chi connectivity index (χ2n) is 8.90. The molecule has 5 nitrogen and oxygen atoms in total. The maximum Gasteiger partial charge on any atom is 0.194 e. The van der Waals surface area contributed by atoms with Crippen LogP contribution < -0.4 is 5.32 Å². The van der Waals surface area contributed by atoms with E-state index in [4.69, 9.17) is 9.47 Å². The summed E-state index contributed by atoms with van der Waals surface area (Å²) in [6.45, 7) is 12.3. The fourth-order valence-electron chi connectivity index (χ4n) is 5.27. The summed E-state index contributed by atoms with van der Waals surface area (Å²) in [7, 11) is 1.89. The molecule has 0 amide bonds. The zero-order valence-corrected chi connectivity index (χ0v) is 20.0. The van der Waals surface area contributed by atoms with Gasteiger partial charge in [-0.05, 0) is 31.4 Å². The average molecular weight is 499 g/mol. The molecule has 1 aromatic rings. The van der Waals surface area contributed by atoms with Crippen molar-refractivity contribution in [1.82, 2.24) is 10.2 Å². The molecule has 2 heterocycles. The Morgan fingerprint density at radius 2 is 2.00 bits per heavy atom. The first-order valence-electron chi connectivity index (χ1n) is 10.2. The van der Waals surface area contributed by atoms with Crippen LogP contribution in [0, 0.1) is 25.2 Å². The van der Waals surface area contributed by atoms with Crippen LogP contribution in [-0.2, 0) is 9.47 Å². The standard InChI is InChI=1S/C22H33N3O2.HI/c1-14-6-7-16(15(2)12-14)18-13-25(9-11-26-18)21(23-5)24-19-17-8-10-27-20(17)22(19,3)4;/h6-7,12,17-20H,8-11,13H2,1-5H3,(H,23,24);1H. The topological polar surface area (TPSA) is 46.1 Å². The normalized spacial score (nSPS) is 31.6. The highest BCUT2D eigenvalue weighted by Gasteiger charge is 2.59. The van der Waals surface area contributed by atoms with Crippen molar-refractivity contribution in [2.45, 2.75) is 52.4 Å². The fourth-order valence-corrected chi connectivity index (χ4v) is 5.27. The molecule has 6 heteroatoms. The van der Waals surface area contributed by atoms with Gasteiger partial charge in [-0.1, -0.05) is 37.6 Å². The van der Waals surface area contributed by atoms with Gasteiger partial charge >= 0.3 is 0 Å². The molecule has 0 radical (unpaired) electrons. The first-order valence-corrected chi connectivity index (χ1v) is 10.2. The molecule has 1 aromatic carbocycles. The molecule has 3 aliphatic rings. The van der Waals surface area contributed by atoms with Gasteiger partial charge in [-0.2, -0.15) is 0 Å². The van der Waals surface area contributed by atoms with E-state index in [0.29, 0.717) is 18.1 Å². The van der Waals surface area contributed by atoms with E-state index >= 15 is 0 Å². The minimum absolute atomic E-state index is 0. The van der Waals surface area contributed by atoms with E-state index in [1.165, 1.54) is 16.7 Å². The van der Waals surface area contributed by atoms with Crippen LogP contribution in [0.3, 0.4) is 0 Å². The van der Waals surface area contributed by atoms with Gasteiger partial charge in [0.2, 0.25) is 0 Å². The van der Waals surface area contributed by atoms with Crippen molar-refractivity contribution >= 4 is 29.9 Å². The number of nitrogens with one attached hydrogen (secondary N) is 1. The van der Waals surface area contributed by atoms with Crippen LogP contribution in [0.1, 0.15) is 43.1 Å². The number of hydrogen-bond donors (Lipinski definition) is 1. The quantitative estimate of drug-likeness (QED) is 0.383. The third kappa shape index (κ3) is 3.79. The van der Waals surface area contributed by atoms with Crippen LogP contribution in [0.5, 0.6) is 0 Å². The van der Waals surface area contributed by atoms with E-state index in [2.05, 4.69) is 61.1 Å². The summed E-state index contributed by atoms with van der Waals surface area (Å²) in [5.74, 6) is 1.60. The van der Waals surface area contributed by atoms with Gasteiger partial charge in [0.15, 0.2) is 5.96 Å². The van der Waals surface area contributed by atoms with E-state index < -0.39 is 0 Å². The minimum atomic E-state index is 0.